The van der Waals surface area contributed by atoms with Crippen molar-refractivity contribution in [3.05, 3.63) is 54.1 Å². The topological polar surface area (TPSA) is 96.4 Å². The Kier molecular flexibility index (Phi) is 8.48. The highest BCUT2D eigenvalue weighted by Gasteiger charge is 2.77. The van der Waals surface area contributed by atoms with E-state index >= 15 is 0 Å². The third kappa shape index (κ3) is 4.64. The molecule has 3 aliphatic rings. The first-order chi connectivity index (χ1) is 17.7. The molecule has 1 aromatic rings. The summed E-state index contributed by atoms with van der Waals surface area (Å²) in [4.78, 5) is 44.4. The molecule has 2 amide bonds. The van der Waals surface area contributed by atoms with Gasteiger partial charge in [0.05, 0.1) is 28.6 Å². The summed E-state index contributed by atoms with van der Waals surface area (Å²) >= 11 is 10.2. The molecule has 0 radical (unpaired) electrons. The van der Waals surface area contributed by atoms with Crippen molar-refractivity contribution in [1.82, 2.24) is 4.90 Å². The zero-order chi connectivity index (χ0) is 26.9. The number of alkyl halides is 1. The van der Waals surface area contributed by atoms with Crippen LogP contribution in [0.1, 0.15) is 24.8 Å². The Labute approximate surface area is 230 Å². The maximum absolute atomic E-state index is 14.5. The third-order valence-electron chi connectivity index (χ3n) is 7.48. The second-order valence-corrected chi connectivity index (χ2v) is 11.3. The molecule has 3 heterocycles. The van der Waals surface area contributed by atoms with Gasteiger partial charge in [-0.15, -0.1) is 6.58 Å². The van der Waals surface area contributed by atoms with Crippen molar-refractivity contribution in [2.75, 3.05) is 31.2 Å². The molecule has 1 aromatic carbocycles. The number of benzene rings is 1. The average Bonchev–Trinajstić information content (AvgIpc) is 3.45. The van der Waals surface area contributed by atoms with Crippen LogP contribution in [0.4, 0.5) is 5.69 Å². The molecule has 1 spiro atoms. The summed E-state index contributed by atoms with van der Waals surface area (Å²) in [6, 6.07) is 4.40. The van der Waals surface area contributed by atoms with E-state index in [1.807, 2.05) is 19.1 Å². The number of unbranched alkanes of at least 4 members (excludes halogenated alkanes) is 1. The van der Waals surface area contributed by atoms with Gasteiger partial charge in [0.2, 0.25) is 5.91 Å². The van der Waals surface area contributed by atoms with Gasteiger partial charge < -0.3 is 24.4 Å². The number of carbonyl (C=O) groups excluding carboxylic acids is 3. The Balaban J connectivity index is 1.80. The largest absolute Gasteiger partial charge is 0.461 e. The van der Waals surface area contributed by atoms with Gasteiger partial charge in [0.1, 0.15) is 18.2 Å². The van der Waals surface area contributed by atoms with Crippen molar-refractivity contribution in [3.63, 3.8) is 0 Å². The number of hydrogen-bond donors (Lipinski definition) is 1. The van der Waals surface area contributed by atoms with Crippen LogP contribution in [0, 0.1) is 18.8 Å². The Hall–Kier alpha value is -2.20. The van der Waals surface area contributed by atoms with Crippen LogP contribution in [-0.2, 0) is 23.9 Å². The number of anilines is 1. The molecule has 200 valence electrons. The van der Waals surface area contributed by atoms with Gasteiger partial charge in [0.25, 0.3) is 5.91 Å². The van der Waals surface area contributed by atoms with Crippen LogP contribution in [-0.4, -0.2) is 76.7 Å². The molecular formula is C27H32BrClN2O6. The first kappa shape index (κ1) is 27.8. The summed E-state index contributed by atoms with van der Waals surface area (Å²) in [7, 11) is 0. The Morgan fingerprint density at radius 2 is 2.11 bits per heavy atom. The number of fused-ring (bicyclic) bond motifs is 1. The predicted octanol–water partition coefficient (Wildman–Crippen LogP) is 3.42. The quantitative estimate of drug-likeness (QED) is 0.182. The highest BCUT2D eigenvalue weighted by Crippen LogP contribution is 2.60. The fourth-order valence-corrected chi connectivity index (χ4v) is 7.35. The molecule has 2 bridgehead atoms. The lowest BCUT2D eigenvalue weighted by Gasteiger charge is -2.37. The summed E-state index contributed by atoms with van der Waals surface area (Å²) < 4.78 is 11.8. The van der Waals surface area contributed by atoms with Crippen molar-refractivity contribution >= 4 is 51.0 Å². The number of likely N-dealkylation sites (tertiary alicyclic amines) is 1. The van der Waals surface area contributed by atoms with E-state index in [0.717, 1.165) is 5.56 Å². The van der Waals surface area contributed by atoms with Crippen molar-refractivity contribution in [3.8, 4) is 0 Å². The smallest absolute Gasteiger partial charge is 0.312 e. The van der Waals surface area contributed by atoms with E-state index in [1.165, 1.54) is 11.0 Å². The fraction of sp³-hybridized carbons (Fsp3) is 0.519. The highest BCUT2D eigenvalue weighted by atomic mass is 79.9. The van der Waals surface area contributed by atoms with E-state index in [-0.39, 0.29) is 42.9 Å². The third-order valence-corrected chi connectivity index (χ3v) is 8.63. The van der Waals surface area contributed by atoms with Gasteiger partial charge in [0, 0.05) is 24.5 Å². The van der Waals surface area contributed by atoms with Gasteiger partial charge in [-0.2, -0.15) is 0 Å². The van der Waals surface area contributed by atoms with Gasteiger partial charge in [-0.3, -0.25) is 14.4 Å². The fourth-order valence-electron chi connectivity index (χ4n) is 6.08. The molecule has 6 atom stereocenters. The molecule has 37 heavy (non-hydrogen) atoms. The monoisotopic (exact) mass is 594 g/mol. The van der Waals surface area contributed by atoms with Crippen LogP contribution in [0.5, 0.6) is 0 Å². The number of para-hydroxylation sites is 1. The number of carbonyl (C=O) groups is 3. The standard InChI is InChI=1S/C27H32BrClN2O6/c1-4-11-30(21-16(3)9-8-10-18(21)29)25(34)23-27-15-17(28)22(37-27)19(26(35)36-14-5-2)20(27)24(33)31(23)12-6-7-13-32/h4-5,8-10,17,19-20,22-23,32H,1-2,6-7,11-15H2,3H3/t17?,19-,20+,22-,23?,27?/m1/s1. The van der Waals surface area contributed by atoms with Crippen LogP contribution in [0.25, 0.3) is 0 Å². The van der Waals surface area contributed by atoms with E-state index < -0.39 is 35.6 Å². The molecule has 3 unspecified atom stereocenters. The number of aliphatic hydroxyl groups is 1. The normalized spacial score (nSPS) is 29.8. The molecule has 3 fully saturated rings. The van der Waals surface area contributed by atoms with E-state index in [1.54, 1.807) is 17.0 Å². The van der Waals surface area contributed by atoms with Gasteiger partial charge in [0.15, 0.2) is 0 Å². The van der Waals surface area contributed by atoms with Crippen molar-refractivity contribution in [1.29, 1.82) is 0 Å². The number of amides is 2. The van der Waals surface area contributed by atoms with E-state index in [9.17, 15) is 19.5 Å². The van der Waals surface area contributed by atoms with Crippen molar-refractivity contribution in [2.45, 2.75) is 48.8 Å². The predicted molar refractivity (Wildman–Crippen MR) is 144 cm³/mol. The molecule has 4 rings (SSSR count). The number of rotatable bonds is 11. The van der Waals surface area contributed by atoms with E-state index in [2.05, 4.69) is 29.1 Å². The number of halogens is 2. The maximum Gasteiger partial charge on any atom is 0.312 e. The first-order valence-corrected chi connectivity index (χ1v) is 13.7. The minimum atomic E-state index is -1.21. The minimum Gasteiger partial charge on any atom is -0.461 e. The molecule has 0 saturated carbocycles. The number of hydrogen-bond acceptors (Lipinski definition) is 6. The number of nitrogens with zero attached hydrogens (tertiary/aromatic N) is 2. The first-order valence-electron chi connectivity index (χ1n) is 12.4. The van der Waals surface area contributed by atoms with Gasteiger partial charge in [-0.05, 0) is 37.8 Å². The summed E-state index contributed by atoms with van der Waals surface area (Å²) in [6.45, 7) is 9.68. The molecule has 0 aliphatic carbocycles. The summed E-state index contributed by atoms with van der Waals surface area (Å²) in [6.07, 6.45) is 3.83. The molecule has 10 heteroatoms. The minimum absolute atomic E-state index is 0.0182. The SMILES string of the molecule is C=CCOC(=O)[C@H]1[C@@H]2OC3(CC2Br)C(C(=O)N(CC=C)c2c(C)cccc2Cl)N(CCCCO)C(=O)[C@H]13. The van der Waals surface area contributed by atoms with E-state index in [0.29, 0.717) is 30.0 Å². The number of aliphatic hydroxyl groups excluding tert-OH is 1. The van der Waals surface area contributed by atoms with Gasteiger partial charge in [-0.25, -0.2) is 0 Å². The average molecular weight is 596 g/mol. The van der Waals surface area contributed by atoms with Crippen LogP contribution in [0.3, 0.4) is 0 Å². The lowest BCUT2D eigenvalue weighted by atomic mass is 9.70. The van der Waals surface area contributed by atoms with Crippen LogP contribution in [0.15, 0.2) is 43.5 Å². The zero-order valence-electron chi connectivity index (χ0n) is 20.8. The molecule has 0 aromatic heterocycles. The van der Waals surface area contributed by atoms with Crippen LogP contribution < -0.4 is 4.90 Å². The van der Waals surface area contributed by atoms with Gasteiger partial charge in [-0.1, -0.05) is 58.4 Å². The van der Waals surface area contributed by atoms with Crippen molar-refractivity contribution in [2.24, 2.45) is 11.8 Å². The Morgan fingerprint density at radius 3 is 2.76 bits per heavy atom. The number of aryl methyl sites for hydroxylation is 1. The zero-order valence-corrected chi connectivity index (χ0v) is 23.1. The molecular weight excluding hydrogens is 564 g/mol. The Bertz CT molecular complexity index is 1080. The highest BCUT2D eigenvalue weighted by molar-refractivity contribution is 9.09. The molecule has 8 nitrogen and oxygen atoms in total. The Morgan fingerprint density at radius 1 is 1.35 bits per heavy atom. The van der Waals surface area contributed by atoms with Crippen LogP contribution in [0.2, 0.25) is 5.02 Å². The van der Waals surface area contributed by atoms with Gasteiger partial charge >= 0.3 is 5.97 Å². The molecule has 1 N–H and O–H groups in total. The summed E-state index contributed by atoms with van der Waals surface area (Å²) in [5.41, 5.74) is 0.133. The van der Waals surface area contributed by atoms with Crippen molar-refractivity contribution < 1.29 is 29.0 Å². The van der Waals surface area contributed by atoms with E-state index in [4.69, 9.17) is 21.1 Å². The second-order valence-electron chi connectivity index (χ2n) is 9.69. The molecule has 3 saturated heterocycles. The summed E-state index contributed by atoms with van der Waals surface area (Å²) in [5, 5.41) is 9.75. The second kappa shape index (κ2) is 11.3. The summed E-state index contributed by atoms with van der Waals surface area (Å²) in [5.74, 6) is -2.91. The number of esters is 1. The number of ether oxygens (including phenoxy) is 2. The van der Waals surface area contributed by atoms with Crippen LogP contribution >= 0.6 is 27.5 Å². The maximum atomic E-state index is 14.5. The lowest BCUT2D eigenvalue weighted by molar-refractivity contribution is -0.153. The lowest BCUT2D eigenvalue weighted by Crippen LogP contribution is -2.57. The molecule has 3 aliphatic heterocycles.